The van der Waals surface area contributed by atoms with E-state index >= 15 is 0 Å². The molecule has 1 aromatic carbocycles. The van der Waals surface area contributed by atoms with E-state index in [0.29, 0.717) is 0 Å². The summed E-state index contributed by atoms with van der Waals surface area (Å²) in [6.07, 6.45) is 3.60. The molecule has 1 N–H and O–H groups in total. The maximum Gasteiger partial charge on any atom is 0.316 e. The van der Waals surface area contributed by atoms with Crippen molar-refractivity contribution in [2.45, 2.75) is 46.6 Å². The van der Waals surface area contributed by atoms with Crippen LogP contribution in [0.3, 0.4) is 0 Å². The highest BCUT2D eigenvalue weighted by Crippen LogP contribution is 2.18. The Kier molecular flexibility index (Phi) is 10.1. The monoisotopic (exact) mass is 258 g/mol. The molecule has 1 atom stereocenters. The summed E-state index contributed by atoms with van der Waals surface area (Å²) in [5.41, 5.74) is 2.14. The molecule has 0 aliphatic carbocycles. The molecule has 0 spiro atoms. The average Bonchev–Trinajstić information content (AvgIpc) is 2.37. The van der Waals surface area contributed by atoms with Gasteiger partial charge < -0.3 is 9.42 Å². The van der Waals surface area contributed by atoms with E-state index in [0.717, 1.165) is 12.0 Å². The summed E-state index contributed by atoms with van der Waals surface area (Å²) in [5.74, 6) is 0. The van der Waals surface area contributed by atoms with E-state index in [4.69, 9.17) is 4.89 Å². The van der Waals surface area contributed by atoms with Crippen LogP contribution in [0.15, 0.2) is 24.3 Å². The first-order chi connectivity index (χ1) is 8.13. The number of hydrogen-bond donors (Lipinski definition) is 1. The van der Waals surface area contributed by atoms with Gasteiger partial charge in [0.05, 0.1) is 6.61 Å². The Morgan fingerprint density at radius 2 is 1.76 bits per heavy atom. The molecule has 0 amide bonds. The number of benzene rings is 1. The van der Waals surface area contributed by atoms with E-state index in [1.54, 1.807) is 0 Å². The number of unbranched alkanes of at least 4 members (excludes halogenated alkanes) is 1. The van der Waals surface area contributed by atoms with Gasteiger partial charge in [-0.3, -0.25) is 4.57 Å². The zero-order chi connectivity index (χ0) is 13.1. The van der Waals surface area contributed by atoms with Crippen LogP contribution >= 0.6 is 8.25 Å². The summed E-state index contributed by atoms with van der Waals surface area (Å²) in [6, 6.07) is 7.80. The molecule has 0 aliphatic rings. The zero-order valence-electron chi connectivity index (χ0n) is 10.9. The van der Waals surface area contributed by atoms with Gasteiger partial charge in [0.15, 0.2) is 0 Å². The van der Waals surface area contributed by atoms with Crippen molar-refractivity contribution < 1.29 is 14.0 Å². The van der Waals surface area contributed by atoms with Crippen LogP contribution in [-0.4, -0.2) is 4.89 Å². The van der Waals surface area contributed by atoms with Gasteiger partial charge in [-0.05, 0) is 17.5 Å². The van der Waals surface area contributed by atoms with Crippen molar-refractivity contribution in [2.75, 3.05) is 0 Å². The maximum atomic E-state index is 10.3. The number of aryl methyl sites for hydroxylation is 1. The van der Waals surface area contributed by atoms with Crippen LogP contribution in [0, 0.1) is 0 Å². The standard InChI is InChI=1S/C9H13O3P.C4H10/c1-2-8-4-3-5-9(6-8)7-12-13(10)11;1-3-4-2/h3-6,13H,2,7H2,1H3,(H,10,11);3-4H2,1-2H3. The van der Waals surface area contributed by atoms with Gasteiger partial charge in [0.1, 0.15) is 0 Å². The van der Waals surface area contributed by atoms with Crippen molar-refractivity contribution in [3.8, 4) is 0 Å². The summed E-state index contributed by atoms with van der Waals surface area (Å²) in [6.45, 7) is 6.64. The van der Waals surface area contributed by atoms with Crippen LogP contribution in [0.2, 0.25) is 0 Å². The fourth-order valence-electron chi connectivity index (χ4n) is 1.08. The summed E-state index contributed by atoms with van der Waals surface area (Å²) in [4.78, 5) is 8.46. The first kappa shape index (κ1) is 16.4. The Bertz CT molecular complexity index is 324. The van der Waals surface area contributed by atoms with E-state index in [-0.39, 0.29) is 6.61 Å². The lowest BCUT2D eigenvalue weighted by molar-refractivity contribution is 0.272. The fraction of sp³-hybridized carbons (Fsp3) is 0.538. The predicted molar refractivity (Wildman–Crippen MR) is 72.4 cm³/mol. The second kappa shape index (κ2) is 10.5. The van der Waals surface area contributed by atoms with Crippen molar-refractivity contribution in [1.82, 2.24) is 0 Å². The summed E-state index contributed by atoms with van der Waals surface area (Å²) in [5, 5.41) is 0. The second-order valence-electron chi connectivity index (χ2n) is 3.73. The van der Waals surface area contributed by atoms with Gasteiger partial charge in [0.2, 0.25) is 0 Å². The molecular weight excluding hydrogens is 235 g/mol. The molecular formula is C13H23O3P. The van der Waals surface area contributed by atoms with Crippen LogP contribution < -0.4 is 0 Å². The topological polar surface area (TPSA) is 46.5 Å². The summed E-state index contributed by atoms with van der Waals surface area (Å²) >= 11 is 0. The van der Waals surface area contributed by atoms with Crippen molar-refractivity contribution >= 4 is 8.25 Å². The molecule has 1 aromatic rings. The quantitative estimate of drug-likeness (QED) is 0.813. The van der Waals surface area contributed by atoms with E-state index in [1.807, 2.05) is 24.3 Å². The Labute approximate surface area is 105 Å². The maximum absolute atomic E-state index is 10.3. The molecule has 1 rings (SSSR count). The Morgan fingerprint density at radius 1 is 1.18 bits per heavy atom. The highest BCUT2D eigenvalue weighted by Gasteiger charge is 1.96. The predicted octanol–water partition coefficient (Wildman–Crippen LogP) is 3.95. The lowest BCUT2D eigenvalue weighted by Gasteiger charge is -2.02. The van der Waals surface area contributed by atoms with E-state index in [1.165, 1.54) is 18.4 Å². The normalized spacial score (nSPS) is 11.5. The molecule has 98 valence electrons. The largest absolute Gasteiger partial charge is 0.326 e. The molecule has 4 heteroatoms. The number of rotatable bonds is 5. The second-order valence-corrected chi connectivity index (χ2v) is 4.55. The summed E-state index contributed by atoms with van der Waals surface area (Å²) in [7, 11) is -2.80. The first-order valence-corrected chi connectivity index (χ1v) is 7.33. The molecule has 0 radical (unpaired) electrons. The van der Waals surface area contributed by atoms with Gasteiger partial charge in [-0.1, -0.05) is 57.9 Å². The average molecular weight is 258 g/mol. The molecule has 0 aliphatic heterocycles. The minimum atomic E-state index is -2.80. The highest BCUT2D eigenvalue weighted by molar-refractivity contribution is 7.32. The van der Waals surface area contributed by atoms with E-state index < -0.39 is 8.25 Å². The van der Waals surface area contributed by atoms with Gasteiger partial charge in [-0.25, -0.2) is 0 Å². The zero-order valence-corrected chi connectivity index (χ0v) is 11.9. The third-order valence-corrected chi connectivity index (χ3v) is 2.65. The lowest BCUT2D eigenvalue weighted by Crippen LogP contribution is -1.88. The third kappa shape index (κ3) is 9.11. The van der Waals surface area contributed by atoms with Gasteiger partial charge >= 0.3 is 8.25 Å². The molecule has 0 bridgehead atoms. The van der Waals surface area contributed by atoms with Crippen molar-refractivity contribution in [3.05, 3.63) is 35.4 Å². The molecule has 3 nitrogen and oxygen atoms in total. The van der Waals surface area contributed by atoms with Gasteiger partial charge in [-0.2, -0.15) is 0 Å². The minimum Gasteiger partial charge on any atom is -0.326 e. The molecule has 0 aromatic heterocycles. The third-order valence-electron chi connectivity index (χ3n) is 2.26. The van der Waals surface area contributed by atoms with Crippen molar-refractivity contribution in [2.24, 2.45) is 0 Å². The molecule has 0 heterocycles. The van der Waals surface area contributed by atoms with Gasteiger partial charge in [-0.15, -0.1) is 0 Å². The van der Waals surface area contributed by atoms with Gasteiger partial charge in [0, 0.05) is 0 Å². The SMILES string of the molecule is CCCC.CCc1cccc(CO[PH](=O)O)c1. The lowest BCUT2D eigenvalue weighted by atomic mass is 10.1. The fourth-order valence-corrected chi connectivity index (χ4v) is 1.37. The van der Waals surface area contributed by atoms with Crippen molar-refractivity contribution in [1.29, 1.82) is 0 Å². The van der Waals surface area contributed by atoms with Gasteiger partial charge in [0.25, 0.3) is 0 Å². The van der Waals surface area contributed by atoms with Crippen LogP contribution in [0.25, 0.3) is 0 Å². The molecule has 1 unspecified atom stereocenters. The smallest absolute Gasteiger partial charge is 0.316 e. The molecule has 0 fully saturated rings. The molecule has 0 saturated carbocycles. The Balaban J connectivity index is 0.000000557. The van der Waals surface area contributed by atoms with Crippen LogP contribution in [0.4, 0.5) is 0 Å². The summed E-state index contributed by atoms with van der Waals surface area (Å²) < 4.78 is 14.9. The van der Waals surface area contributed by atoms with Crippen LogP contribution in [-0.2, 0) is 22.1 Å². The Morgan fingerprint density at radius 3 is 2.24 bits per heavy atom. The van der Waals surface area contributed by atoms with E-state index in [2.05, 4.69) is 25.3 Å². The van der Waals surface area contributed by atoms with Crippen molar-refractivity contribution in [3.63, 3.8) is 0 Å². The molecule has 17 heavy (non-hydrogen) atoms. The highest BCUT2D eigenvalue weighted by atomic mass is 31.1. The molecule has 0 saturated heterocycles. The Hall–Kier alpha value is -0.630. The number of hydrogen-bond acceptors (Lipinski definition) is 2. The van der Waals surface area contributed by atoms with Crippen LogP contribution in [0.5, 0.6) is 0 Å². The van der Waals surface area contributed by atoms with Crippen LogP contribution in [0.1, 0.15) is 44.7 Å². The van der Waals surface area contributed by atoms with E-state index in [9.17, 15) is 4.57 Å². The first-order valence-electron chi connectivity index (χ1n) is 6.07. The minimum absolute atomic E-state index is 0.210.